The number of hydrogen-bond donors (Lipinski definition) is 1. The summed E-state index contributed by atoms with van der Waals surface area (Å²) < 4.78 is 5.23. The van der Waals surface area contributed by atoms with Crippen LogP contribution >= 0.6 is 0 Å². The summed E-state index contributed by atoms with van der Waals surface area (Å²) >= 11 is 0. The van der Waals surface area contributed by atoms with Crippen molar-refractivity contribution >= 4 is 5.97 Å². The molecular formula is C26H30O3. The normalized spacial score (nSPS) is 17.4. The lowest BCUT2D eigenvalue weighted by molar-refractivity contribution is -0.133. The SMILES string of the molecule is Cc1cc2c(cc1C(O)C#CCC(=O)Oc1ccccc1)C(C)(C)CCC2(C)C. The average Bonchev–Trinajstić information content (AvgIpc) is 2.66. The van der Waals surface area contributed by atoms with Crippen LogP contribution in [0.15, 0.2) is 42.5 Å². The number of carbonyl (C=O) groups excluding carboxylic acids is 1. The van der Waals surface area contributed by atoms with Crippen molar-refractivity contribution in [2.24, 2.45) is 0 Å². The fourth-order valence-corrected chi connectivity index (χ4v) is 3.99. The van der Waals surface area contributed by atoms with Crippen molar-refractivity contribution in [3.05, 3.63) is 64.7 Å². The number of para-hydroxylation sites is 1. The summed E-state index contributed by atoms with van der Waals surface area (Å²) in [5.41, 5.74) is 4.70. The molecule has 3 nitrogen and oxygen atoms in total. The van der Waals surface area contributed by atoms with Gasteiger partial charge in [0, 0.05) is 0 Å². The number of aliphatic hydroxyl groups is 1. The molecule has 2 aromatic carbocycles. The van der Waals surface area contributed by atoms with Gasteiger partial charge in [0.2, 0.25) is 0 Å². The maximum absolute atomic E-state index is 11.9. The van der Waals surface area contributed by atoms with E-state index in [2.05, 4.69) is 51.7 Å². The van der Waals surface area contributed by atoms with Crippen LogP contribution in [-0.2, 0) is 15.6 Å². The number of benzene rings is 2. The molecule has 0 amide bonds. The highest BCUT2D eigenvalue weighted by Gasteiger charge is 2.37. The van der Waals surface area contributed by atoms with Gasteiger partial charge in [0.25, 0.3) is 0 Å². The van der Waals surface area contributed by atoms with Crippen LogP contribution in [-0.4, -0.2) is 11.1 Å². The first-order valence-electron chi connectivity index (χ1n) is 10.2. The van der Waals surface area contributed by atoms with E-state index in [9.17, 15) is 9.90 Å². The van der Waals surface area contributed by atoms with Crippen molar-refractivity contribution in [2.75, 3.05) is 0 Å². The fourth-order valence-electron chi connectivity index (χ4n) is 3.99. The van der Waals surface area contributed by atoms with E-state index < -0.39 is 12.1 Å². The van der Waals surface area contributed by atoms with E-state index in [1.54, 1.807) is 24.3 Å². The number of aryl methyl sites for hydroxylation is 1. The van der Waals surface area contributed by atoms with Crippen LogP contribution in [0.25, 0.3) is 0 Å². The van der Waals surface area contributed by atoms with E-state index in [1.807, 2.05) is 13.0 Å². The second-order valence-corrected chi connectivity index (χ2v) is 9.21. The Bertz CT molecular complexity index is 959. The molecule has 0 heterocycles. The molecule has 0 bridgehead atoms. The highest BCUT2D eigenvalue weighted by atomic mass is 16.5. The second kappa shape index (κ2) is 8.05. The first kappa shape index (κ1) is 21.1. The molecule has 0 aromatic heterocycles. The molecule has 0 fully saturated rings. The molecular weight excluding hydrogens is 360 g/mol. The maximum atomic E-state index is 11.9. The molecule has 1 atom stereocenters. The molecule has 1 aliphatic carbocycles. The van der Waals surface area contributed by atoms with Gasteiger partial charge in [-0.1, -0.05) is 69.9 Å². The maximum Gasteiger partial charge on any atom is 0.323 e. The van der Waals surface area contributed by atoms with E-state index in [0.717, 1.165) is 24.0 Å². The number of rotatable bonds is 3. The van der Waals surface area contributed by atoms with Crippen molar-refractivity contribution in [3.63, 3.8) is 0 Å². The van der Waals surface area contributed by atoms with Gasteiger partial charge in [-0.15, -0.1) is 0 Å². The highest BCUT2D eigenvalue weighted by Crippen LogP contribution is 2.47. The second-order valence-electron chi connectivity index (χ2n) is 9.21. The number of fused-ring (bicyclic) bond motifs is 1. The average molecular weight is 391 g/mol. The fraction of sp³-hybridized carbons (Fsp3) is 0.423. The molecule has 3 rings (SSSR count). The number of esters is 1. The van der Waals surface area contributed by atoms with Gasteiger partial charge >= 0.3 is 5.97 Å². The lowest BCUT2D eigenvalue weighted by Gasteiger charge is -2.42. The van der Waals surface area contributed by atoms with Crippen LogP contribution in [0.2, 0.25) is 0 Å². The quantitative estimate of drug-likeness (QED) is 0.435. The molecule has 3 heteroatoms. The third kappa shape index (κ3) is 4.71. The Labute approximate surface area is 174 Å². The van der Waals surface area contributed by atoms with Gasteiger partial charge in [-0.2, -0.15) is 0 Å². The Morgan fingerprint density at radius 2 is 1.66 bits per heavy atom. The molecule has 1 aliphatic rings. The number of hydrogen-bond acceptors (Lipinski definition) is 3. The summed E-state index contributed by atoms with van der Waals surface area (Å²) in [5, 5.41) is 10.7. The van der Waals surface area contributed by atoms with E-state index in [4.69, 9.17) is 4.74 Å². The van der Waals surface area contributed by atoms with Gasteiger partial charge in [-0.25, -0.2) is 0 Å². The number of carbonyl (C=O) groups is 1. The molecule has 1 unspecified atom stereocenters. The summed E-state index contributed by atoms with van der Waals surface area (Å²) in [4.78, 5) is 11.9. The Morgan fingerprint density at radius 3 is 2.28 bits per heavy atom. The zero-order valence-corrected chi connectivity index (χ0v) is 18.0. The van der Waals surface area contributed by atoms with Crippen molar-refractivity contribution in [1.82, 2.24) is 0 Å². The Kier molecular flexibility index (Phi) is 5.87. The van der Waals surface area contributed by atoms with Gasteiger partial charge < -0.3 is 9.84 Å². The minimum atomic E-state index is -0.925. The molecule has 0 radical (unpaired) electrons. The minimum absolute atomic E-state index is 0.0610. The van der Waals surface area contributed by atoms with Crippen LogP contribution in [0.1, 0.15) is 75.3 Å². The summed E-state index contributed by atoms with van der Waals surface area (Å²) in [6, 6.07) is 13.2. The smallest absolute Gasteiger partial charge is 0.323 e. The Balaban J connectivity index is 1.78. The molecule has 0 spiro atoms. The van der Waals surface area contributed by atoms with Crippen LogP contribution < -0.4 is 4.74 Å². The molecule has 0 saturated carbocycles. The first-order valence-corrected chi connectivity index (χ1v) is 10.2. The zero-order valence-electron chi connectivity index (χ0n) is 18.0. The van der Waals surface area contributed by atoms with Crippen LogP contribution in [0.5, 0.6) is 5.75 Å². The van der Waals surface area contributed by atoms with Gasteiger partial charge in [0.15, 0.2) is 0 Å². The molecule has 152 valence electrons. The Hall–Kier alpha value is -2.57. The minimum Gasteiger partial charge on any atom is -0.426 e. The standard InChI is InChI=1S/C26H30O3/c1-18-16-21-22(26(4,5)15-14-25(21,2)3)17-20(18)23(27)12-9-13-24(28)29-19-10-7-6-8-11-19/h6-8,10-11,16-17,23,27H,13-15H2,1-5H3. The van der Waals surface area contributed by atoms with Crippen molar-refractivity contribution < 1.29 is 14.6 Å². The van der Waals surface area contributed by atoms with E-state index >= 15 is 0 Å². The van der Waals surface area contributed by atoms with E-state index in [0.29, 0.717) is 5.75 Å². The van der Waals surface area contributed by atoms with Crippen LogP contribution in [0.4, 0.5) is 0 Å². The lowest BCUT2D eigenvalue weighted by atomic mass is 9.62. The van der Waals surface area contributed by atoms with Crippen molar-refractivity contribution in [2.45, 2.75) is 70.8 Å². The van der Waals surface area contributed by atoms with E-state index in [-0.39, 0.29) is 17.3 Å². The van der Waals surface area contributed by atoms with Gasteiger partial charge in [0.05, 0.1) is 0 Å². The molecule has 0 saturated heterocycles. The highest BCUT2D eigenvalue weighted by molar-refractivity contribution is 5.75. The topological polar surface area (TPSA) is 46.5 Å². The summed E-state index contributed by atoms with van der Waals surface area (Å²) in [6.07, 6.45) is 1.28. The summed E-state index contributed by atoms with van der Waals surface area (Å²) in [6.45, 7) is 11.1. The number of aliphatic hydroxyl groups excluding tert-OH is 1. The van der Waals surface area contributed by atoms with Crippen LogP contribution in [0.3, 0.4) is 0 Å². The summed E-state index contributed by atoms with van der Waals surface area (Å²) in [7, 11) is 0. The van der Waals surface area contributed by atoms with Gasteiger partial charge in [0.1, 0.15) is 18.3 Å². The predicted molar refractivity (Wildman–Crippen MR) is 116 cm³/mol. The molecule has 2 aromatic rings. The molecule has 1 N–H and O–H groups in total. The number of ether oxygens (including phenoxy) is 1. The summed E-state index contributed by atoms with van der Waals surface area (Å²) in [5.74, 6) is 5.66. The molecule has 0 aliphatic heterocycles. The monoisotopic (exact) mass is 390 g/mol. The van der Waals surface area contributed by atoms with E-state index in [1.165, 1.54) is 11.1 Å². The predicted octanol–water partition coefficient (Wildman–Crippen LogP) is 5.38. The first-order chi connectivity index (χ1) is 13.6. The third-order valence-electron chi connectivity index (χ3n) is 5.98. The van der Waals surface area contributed by atoms with Gasteiger partial charge in [-0.3, -0.25) is 4.79 Å². The lowest BCUT2D eigenvalue weighted by Crippen LogP contribution is -2.34. The van der Waals surface area contributed by atoms with Crippen molar-refractivity contribution in [1.29, 1.82) is 0 Å². The van der Waals surface area contributed by atoms with Crippen molar-refractivity contribution in [3.8, 4) is 17.6 Å². The van der Waals surface area contributed by atoms with Crippen LogP contribution in [0, 0.1) is 18.8 Å². The largest absolute Gasteiger partial charge is 0.426 e. The Morgan fingerprint density at radius 1 is 1.07 bits per heavy atom. The molecule has 29 heavy (non-hydrogen) atoms. The third-order valence-corrected chi connectivity index (χ3v) is 5.98. The zero-order chi connectivity index (χ0) is 21.2. The van der Waals surface area contributed by atoms with Gasteiger partial charge in [-0.05, 0) is 65.0 Å².